The van der Waals surface area contributed by atoms with Gasteiger partial charge in [0.2, 0.25) is 11.8 Å². The van der Waals surface area contributed by atoms with Crippen molar-refractivity contribution in [3.63, 3.8) is 0 Å². The van der Waals surface area contributed by atoms with Crippen LogP contribution in [0.25, 0.3) is 0 Å². The highest BCUT2D eigenvalue weighted by atomic mass is 16.2. The average molecular weight is 184 g/mol. The molecule has 0 unspecified atom stereocenters. The number of hydrogen-bond acceptors (Lipinski definition) is 2. The van der Waals surface area contributed by atoms with Crippen molar-refractivity contribution in [2.24, 2.45) is 0 Å². The first-order valence-electron chi connectivity index (χ1n) is 4.22. The summed E-state index contributed by atoms with van der Waals surface area (Å²) in [5.41, 5.74) is 0.486. The number of nitrogens with one attached hydrogen (secondary N) is 2. The number of amides is 2. The van der Waals surface area contributed by atoms with E-state index >= 15 is 0 Å². The molecule has 0 fully saturated rings. The molecule has 13 heavy (non-hydrogen) atoms. The fraction of sp³-hybridized carbons (Fsp3) is 0.556. The Morgan fingerprint density at radius 3 is 2.46 bits per heavy atom. The van der Waals surface area contributed by atoms with Gasteiger partial charge in [-0.25, -0.2) is 0 Å². The monoisotopic (exact) mass is 184 g/mol. The first-order valence-corrected chi connectivity index (χ1v) is 4.22. The maximum atomic E-state index is 10.9. The molecule has 0 aromatic heterocycles. The van der Waals surface area contributed by atoms with Crippen molar-refractivity contribution in [2.45, 2.75) is 19.8 Å². The van der Waals surface area contributed by atoms with Gasteiger partial charge in [-0.2, -0.15) is 0 Å². The summed E-state index contributed by atoms with van der Waals surface area (Å²) in [5.74, 6) is -0.165. The molecule has 0 spiro atoms. The minimum absolute atomic E-state index is 0.00965. The summed E-state index contributed by atoms with van der Waals surface area (Å²) < 4.78 is 0. The van der Waals surface area contributed by atoms with Gasteiger partial charge in [-0.05, 0) is 13.3 Å². The van der Waals surface area contributed by atoms with Gasteiger partial charge < -0.3 is 10.6 Å². The number of rotatable bonds is 5. The van der Waals surface area contributed by atoms with Crippen LogP contribution < -0.4 is 10.6 Å². The van der Waals surface area contributed by atoms with Crippen molar-refractivity contribution in [1.29, 1.82) is 0 Å². The van der Waals surface area contributed by atoms with E-state index in [0.717, 1.165) is 0 Å². The zero-order valence-corrected chi connectivity index (χ0v) is 8.14. The molecule has 0 bridgehead atoms. The minimum atomic E-state index is -0.156. The van der Waals surface area contributed by atoms with Gasteiger partial charge in [-0.15, -0.1) is 0 Å². The molecule has 0 atom stereocenters. The molecule has 2 amide bonds. The summed E-state index contributed by atoms with van der Waals surface area (Å²) in [7, 11) is 1.59. The van der Waals surface area contributed by atoms with E-state index in [0.29, 0.717) is 25.0 Å². The lowest BCUT2D eigenvalue weighted by Crippen LogP contribution is -2.26. The van der Waals surface area contributed by atoms with E-state index in [2.05, 4.69) is 17.2 Å². The zero-order chi connectivity index (χ0) is 10.3. The molecule has 0 aliphatic heterocycles. The van der Waals surface area contributed by atoms with Gasteiger partial charge in [0.1, 0.15) is 0 Å². The van der Waals surface area contributed by atoms with Crippen LogP contribution in [-0.2, 0) is 9.59 Å². The summed E-state index contributed by atoms with van der Waals surface area (Å²) in [6, 6.07) is 0. The van der Waals surface area contributed by atoms with Crippen molar-refractivity contribution in [3.8, 4) is 0 Å². The van der Waals surface area contributed by atoms with Crippen LogP contribution in [0.4, 0.5) is 0 Å². The van der Waals surface area contributed by atoms with E-state index in [1.165, 1.54) is 0 Å². The Labute approximate surface area is 78.4 Å². The standard InChI is InChI=1S/C9H16N2O2/c1-7(2)9(13)11-6-4-5-8(12)10-3/h1,4-6H2,2-3H3,(H,10,12)(H,11,13). The van der Waals surface area contributed by atoms with Crippen LogP contribution in [0.2, 0.25) is 0 Å². The predicted molar refractivity (Wildman–Crippen MR) is 51.1 cm³/mol. The predicted octanol–water partition coefficient (Wildman–Crippen LogP) is 0.205. The van der Waals surface area contributed by atoms with Gasteiger partial charge in [0.15, 0.2) is 0 Å². The summed E-state index contributed by atoms with van der Waals surface area (Å²) in [4.78, 5) is 21.7. The Morgan fingerprint density at radius 2 is 2.00 bits per heavy atom. The molecule has 0 radical (unpaired) electrons. The fourth-order valence-electron chi connectivity index (χ4n) is 0.727. The SMILES string of the molecule is C=C(C)C(=O)NCCCC(=O)NC. The van der Waals surface area contributed by atoms with Crippen LogP contribution in [0, 0.1) is 0 Å². The van der Waals surface area contributed by atoms with Gasteiger partial charge in [0.05, 0.1) is 0 Å². The van der Waals surface area contributed by atoms with Gasteiger partial charge in [0.25, 0.3) is 0 Å². The van der Waals surface area contributed by atoms with E-state index in [4.69, 9.17) is 0 Å². The Balaban J connectivity index is 3.41. The second-order valence-corrected chi connectivity index (χ2v) is 2.81. The lowest BCUT2D eigenvalue weighted by molar-refractivity contribution is -0.121. The summed E-state index contributed by atoms with van der Waals surface area (Å²) in [5, 5.41) is 5.15. The first-order chi connectivity index (χ1) is 6.07. The van der Waals surface area contributed by atoms with Gasteiger partial charge in [0, 0.05) is 25.6 Å². The molecule has 4 nitrogen and oxygen atoms in total. The Hall–Kier alpha value is -1.32. The molecule has 0 aromatic rings. The highest BCUT2D eigenvalue weighted by molar-refractivity contribution is 5.92. The van der Waals surface area contributed by atoms with Crippen LogP contribution >= 0.6 is 0 Å². The van der Waals surface area contributed by atoms with Crippen LogP contribution in [0.1, 0.15) is 19.8 Å². The summed E-state index contributed by atoms with van der Waals surface area (Å²) in [6.07, 6.45) is 1.09. The van der Waals surface area contributed by atoms with E-state index < -0.39 is 0 Å². The largest absolute Gasteiger partial charge is 0.359 e. The van der Waals surface area contributed by atoms with Crippen molar-refractivity contribution in [1.82, 2.24) is 10.6 Å². The van der Waals surface area contributed by atoms with Crippen molar-refractivity contribution < 1.29 is 9.59 Å². The number of carbonyl (C=O) groups excluding carboxylic acids is 2. The van der Waals surface area contributed by atoms with Crippen molar-refractivity contribution in [2.75, 3.05) is 13.6 Å². The lowest BCUT2D eigenvalue weighted by Gasteiger charge is -2.03. The molecule has 4 heteroatoms. The van der Waals surface area contributed by atoms with Gasteiger partial charge in [-0.1, -0.05) is 6.58 Å². The average Bonchev–Trinajstić information content (AvgIpc) is 2.11. The third-order valence-corrected chi connectivity index (χ3v) is 1.53. The number of hydrogen-bond donors (Lipinski definition) is 2. The van der Waals surface area contributed by atoms with Crippen LogP contribution in [0.3, 0.4) is 0 Å². The molecular weight excluding hydrogens is 168 g/mol. The smallest absolute Gasteiger partial charge is 0.246 e. The maximum Gasteiger partial charge on any atom is 0.246 e. The molecule has 74 valence electrons. The molecule has 0 aromatic carbocycles. The fourth-order valence-corrected chi connectivity index (χ4v) is 0.727. The Kier molecular flexibility index (Phi) is 5.59. The summed E-state index contributed by atoms with van der Waals surface area (Å²) in [6.45, 7) is 5.65. The van der Waals surface area contributed by atoms with Gasteiger partial charge in [-0.3, -0.25) is 9.59 Å². The van der Waals surface area contributed by atoms with Crippen LogP contribution in [0.15, 0.2) is 12.2 Å². The maximum absolute atomic E-state index is 10.9. The molecular formula is C9H16N2O2. The minimum Gasteiger partial charge on any atom is -0.359 e. The van der Waals surface area contributed by atoms with Gasteiger partial charge >= 0.3 is 0 Å². The Bertz CT molecular complexity index is 212. The third-order valence-electron chi connectivity index (χ3n) is 1.53. The van der Waals surface area contributed by atoms with Crippen molar-refractivity contribution in [3.05, 3.63) is 12.2 Å². The highest BCUT2D eigenvalue weighted by Gasteiger charge is 2.01. The molecule has 0 saturated heterocycles. The third kappa shape index (κ3) is 5.90. The zero-order valence-electron chi connectivity index (χ0n) is 8.14. The van der Waals surface area contributed by atoms with E-state index in [1.54, 1.807) is 14.0 Å². The first kappa shape index (κ1) is 11.7. The Morgan fingerprint density at radius 1 is 1.38 bits per heavy atom. The molecule has 2 N–H and O–H groups in total. The molecule has 0 aliphatic carbocycles. The normalized spacial score (nSPS) is 9.08. The van der Waals surface area contributed by atoms with Crippen LogP contribution in [0.5, 0.6) is 0 Å². The highest BCUT2D eigenvalue weighted by Crippen LogP contribution is 1.89. The summed E-state index contributed by atoms with van der Waals surface area (Å²) >= 11 is 0. The topological polar surface area (TPSA) is 58.2 Å². The van der Waals surface area contributed by atoms with E-state index in [1.807, 2.05) is 0 Å². The molecule has 0 rings (SSSR count). The van der Waals surface area contributed by atoms with E-state index in [9.17, 15) is 9.59 Å². The second-order valence-electron chi connectivity index (χ2n) is 2.81. The second kappa shape index (κ2) is 6.22. The van der Waals surface area contributed by atoms with Crippen molar-refractivity contribution >= 4 is 11.8 Å². The molecule has 0 heterocycles. The molecule has 0 saturated carbocycles. The number of carbonyl (C=O) groups is 2. The van der Waals surface area contributed by atoms with Crippen LogP contribution in [-0.4, -0.2) is 25.4 Å². The quantitative estimate of drug-likeness (QED) is 0.474. The lowest BCUT2D eigenvalue weighted by atomic mass is 10.3. The molecule has 0 aliphatic rings. The van der Waals surface area contributed by atoms with E-state index in [-0.39, 0.29) is 11.8 Å².